The summed E-state index contributed by atoms with van der Waals surface area (Å²) in [5.41, 5.74) is 1.87. The van der Waals surface area contributed by atoms with E-state index >= 15 is 0 Å². The van der Waals surface area contributed by atoms with Gasteiger partial charge in [-0.05, 0) is 66.1 Å². The predicted molar refractivity (Wildman–Crippen MR) is 138 cm³/mol. The number of methoxy groups -OCH3 is 1. The molecule has 1 aromatic heterocycles. The van der Waals surface area contributed by atoms with Gasteiger partial charge in [0.1, 0.15) is 42.3 Å². The van der Waals surface area contributed by atoms with E-state index in [1.165, 1.54) is 29.5 Å². The molecule has 5 rings (SSSR count). The molecule has 1 aliphatic heterocycles. The molecule has 0 radical (unpaired) electrons. The molecule has 1 aliphatic rings. The minimum absolute atomic E-state index is 0.0224. The zero-order chi connectivity index (χ0) is 26.5. The van der Waals surface area contributed by atoms with Gasteiger partial charge in [0.05, 0.1) is 13.2 Å². The summed E-state index contributed by atoms with van der Waals surface area (Å²) in [7, 11) is 1.62. The Kier molecular flexibility index (Phi) is 7.44. The summed E-state index contributed by atoms with van der Waals surface area (Å²) in [5, 5.41) is 4.03. The molecule has 8 nitrogen and oxygen atoms in total. The van der Waals surface area contributed by atoms with Gasteiger partial charge >= 0.3 is 0 Å². The molecule has 0 aliphatic carbocycles. The Bertz CT molecular complexity index is 1370. The molecule has 0 saturated carbocycles. The molecule has 194 valence electrons. The average Bonchev–Trinajstić information content (AvgIpc) is 3.62. The third-order valence-corrected chi connectivity index (χ3v) is 6.70. The number of carbonyl (C=O) groups excluding carboxylic acids is 2. The minimum atomic E-state index is -0.548. The van der Waals surface area contributed by atoms with E-state index in [9.17, 15) is 14.0 Å². The van der Waals surface area contributed by atoms with Crippen LogP contribution in [0.25, 0.3) is 0 Å². The number of likely N-dealkylation sites (tertiary alicyclic amines) is 1. The standard InChI is InChI=1S/C29H27FN4O4/c1-37-24-10-4-21(5-11-24)22-15-27(34(16-22)29(36)17-33-19-31-18-32-33)28(35)14-20-2-8-25(9-3-20)38-26-12-6-23(30)7-13-26/h2-13,18-19,22,27H,14-17H2,1H3/t22-,27+/m1/s1. The van der Waals surface area contributed by atoms with Crippen LogP contribution in [0.5, 0.6) is 17.2 Å². The van der Waals surface area contributed by atoms with Gasteiger partial charge in [-0.1, -0.05) is 24.3 Å². The number of carbonyl (C=O) groups is 2. The molecule has 2 heterocycles. The molecule has 0 spiro atoms. The van der Waals surface area contributed by atoms with Crippen LogP contribution >= 0.6 is 0 Å². The summed E-state index contributed by atoms with van der Waals surface area (Å²) in [5.74, 6) is 1.35. The van der Waals surface area contributed by atoms with Crippen LogP contribution in [0.3, 0.4) is 0 Å². The SMILES string of the molecule is COc1ccc([C@@H]2C[C@@H](C(=O)Cc3ccc(Oc4ccc(F)cc4)cc3)N(C(=O)Cn3cncn3)C2)cc1. The third-order valence-electron chi connectivity index (χ3n) is 6.70. The first kappa shape index (κ1) is 25.1. The topological polar surface area (TPSA) is 86.5 Å². The second-order valence-electron chi connectivity index (χ2n) is 9.20. The van der Waals surface area contributed by atoms with Crippen LogP contribution in [0.1, 0.15) is 23.5 Å². The summed E-state index contributed by atoms with van der Waals surface area (Å²) < 4.78 is 25.6. The first-order valence-electron chi connectivity index (χ1n) is 12.3. The monoisotopic (exact) mass is 514 g/mol. The van der Waals surface area contributed by atoms with Crippen molar-refractivity contribution < 1.29 is 23.5 Å². The maximum atomic E-state index is 13.5. The van der Waals surface area contributed by atoms with Crippen molar-refractivity contribution in [1.29, 1.82) is 0 Å². The van der Waals surface area contributed by atoms with E-state index in [-0.39, 0.29) is 36.4 Å². The van der Waals surface area contributed by atoms with E-state index in [2.05, 4.69) is 10.1 Å². The van der Waals surface area contributed by atoms with Gasteiger partial charge in [-0.3, -0.25) is 9.59 Å². The summed E-state index contributed by atoms with van der Waals surface area (Å²) in [4.78, 5) is 32.3. The van der Waals surface area contributed by atoms with Crippen LogP contribution in [0, 0.1) is 5.82 Å². The van der Waals surface area contributed by atoms with E-state index in [0.717, 1.165) is 16.9 Å². The summed E-state index contributed by atoms with van der Waals surface area (Å²) >= 11 is 0. The zero-order valence-electron chi connectivity index (χ0n) is 20.9. The van der Waals surface area contributed by atoms with Crippen molar-refractivity contribution in [1.82, 2.24) is 19.7 Å². The van der Waals surface area contributed by atoms with Crippen LogP contribution < -0.4 is 9.47 Å². The van der Waals surface area contributed by atoms with E-state index in [4.69, 9.17) is 9.47 Å². The van der Waals surface area contributed by atoms with Gasteiger partial charge in [0, 0.05) is 18.9 Å². The fraction of sp³-hybridized carbons (Fsp3) is 0.241. The molecule has 3 aromatic carbocycles. The minimum Gasteiger partial charge on any atom is -0.497 e. The van der Waals surface area contributed by atoms with Crippen LogP contribution in [-0.2, 0) is 22.6 Å². The Hall–Kier alpha value is -4.53. The number of Topliss-reactive ketones (excluding diaryl/α,β-unsaturated/α-hetero) is 1. The molecule has 0 N–H and O–H groups in total. The molecule has 38 heavy (non-hydrogen) atoms. The van der Waals surface area contributed by atoms with Gasteiger partial charge in [-0.2, -0.15) is 5.10 Å². The number of hydrogen-bond acceptors (Lipinski definition) is 6. The molecule has 0 unspecified atom stereocenters. The highest BCUT2D eigenvalue weighted by atomic mass is 19.1. The number of aromatic nitrogens is 3. The number of amides is 1. The van der Waals surface area contributed by atoms with Crippen LogP contribution in [0.4, 0.5) is 4.39 Å². The fourth-order valence-electron chi connectivity index (χ4n) is 4.71. The smallest absolute Gasteiger partial charge is 0.245 e. The van der Waals surface area contributed by atoms with Crippen LogP contribution in [0.2, 0.25) is 0 Å². The first-order valence-corrected chi connectivity index (χ1v) is 12.3. The van der Waals surface area contributed by atoms with E-state index in [1.807, 2.05) is 36.4 Å². The maximum Gasteiger partial charge on any atom is 0.245 e. The molecule has 1 amide bonds. The number of nitrogens with zero attached hydrogens (tertiary/aromatic N) is 4. The summed E-state index contributed by atoms with van der Waals surface area (Å²) in [6.45, 7) is 0.468. The Morgan fingerprint density at radius 1 is 0.947 bits per heavy atom. The summed E-state index contributed by atoms with van der Waals surface area (Å²) in [6.07, 6.45) is 3.59. The average molecular weight is 515 g/mol. The highest BCUT2D eigenvalue weighted by Crippen LogP contribution is 2.34. The lowest BCUT2D eigenvalue weighted by Gasteiger charge is -2.23. The zero-order valence-corrected chi connectivity index (χ0v) is 20.9. The van der Waals surface area contributed by atoms with E-state index < -0.39 is 6.04 Å². The molecule has 4 aromatic rings. The highest BCUT2D eigenvalue weighted by Gasteiger charge is 2.39. The molecule has 0 bridgehead atoms. The molecular weight excluding hydrogens is 487 g/mol. The lowest BCUT2D eigenvalue weighted by Crippen LogP contribution is -2.42. The Balaban J connectivity index is 1.29. The number of benzene rings is 3. The van der Waals surface area contributed by atoms with Crippen molar-refractivity contribution in [2.75, 3.05) is 13.7 Å². The molecule has 1 saturated heterocycles. The molecular formula is C29H27FN4O4. The Morgan fingerprint density at radius 2 is 1.61 bits per heavy atom. The van der Waals surface area contributed by atoms with Crippen molar-refractivity contribution in [3.05, 3.63) is 102 Å². The van der Waals surface area contributed by atoms with Crippen molar-refractivity contribution >= 4 is 11.7 Å². The molecule has 9 heteroatoms. The normalized spacial score (nSPS) is 16.8. The van der Waals surface area contributed by atoms with Gasteiger partial charge in [-0.25, -0.2) is 14.1 Å². The van der Waals surface area contributed by atoms with Crippen LogP contribution in [0.15, 0.2) is 85.5 Å². The summed E-state index contributed by atoms with van der Waals surface area (Å²) in [6, 6.07) is 20.2. The second kappa shape index (κ2) is 11.2. The lowest BCUT2D eigenvalue weighted by molar-refractivity contribution is -0.138. The number of halogens is 1. The van der Waals surface area contributed by atoms with Crippen molar-refractivity contribution in [3.8, 4) is 17.2 Å². The van der Waals surface area contributed by atoms with Gasteiger partial charge in [0.15, 0.2) is 5.78 Å². The third kappa shape index (κ3) is 5.88. The number of hydrogen-bond donors (Lipinski definition) is 0. The predicted octanol–water partition coefficient (Wildman–Crippen LogP) is 4.41. The molecule has 2 atom stereocenters. The fourth-order valence-corrected chi connectivity index (χ4v) is 4.71. The molecule has 1 fully saturated rings. The van der Waals surface area contributed by atoms with E-state index in [0.29, 0.717) is 24.5 Å². The Morgan fingerprint density at radius 3 is 2.24 bits per heavy atom. The quantitative estimate of drug-likeness (QED) is 0.329. The van der Waals surface area contributed by atoms with Crippen LogP contribution in [-0.4, -0.2) is 51.1 Å². The maximum absolute atomic E-state index is 13.5. The van der Waals surface area contributed by atoms with Gasteiger partial charge in [0.25, 0.3) is 0 Å². The number of ketones is 1. The number of rotatable bonds is 9. The van der Waals surface area contributed by atoms with Gasteiger partial charge < -0.3 is 14.4 Å². The first-order chi connectivity index (χ1) is 18.5. The Labute approximate surface area is 219 Å². The number of ether oxygens (including phenoxy) is 2. The largest absolute Gasteiger partial charge is 0.497 e. The lowest BCUT2D eigenvalue weighted by atomic mass is 9.93. The van der Waals surface area contributed by atoms with Gasteiger partial charge in [0.2, 0.25) is 5.91 Å². The van der Waals surface area contributed by atoms with Crippen molar-refractivity contribution in [2.45, 2.75) is 31.3 Å². The highest BCUT2D eigenvalue weighted by molar-refractivity contribution is 5.91. The van der Waals surface area contributed by atoms with Crippen molar-refractivity contribution in [3.63, 3.8) is 0 Å². The van der Waals surface area contributed by atoms with E-state index in [1.54, 1.807) is 36.3 Å². The second-order valence-corrected chi connectivity index (χ2v) is 9.20. The van der Waals surface area contributed by atoms with Crippen molar-refractivity contribution in [2.24, 2.45) is 0 Å². The van der Waals surface area contributed by atoms with Gasteiger partial charge in [-0.15, -0.1) is 0 Å².